The molecule has 2 heterocycles. The van der Waals surface area contributed by atoms with Crippen LogP contribution < -0.4 is 5.32 Å². The molecule has 1 aromatic carbocycles. The Morgan fingerprint density at radius 1 is 0.449 bits per heavy atom. The van der Waals surface area contributed by atoms with Crippen molar-refractivity contribution in [1.82, 2.24) is 19.8 Å². The highest BCUT2D eigenvalue weighted by molar-refractivity contribution is 7.19. The zero-order valence-corrected chi connectivity index (χ0v) is 47.0. The van der Waals surface area contributed by atoms with Crippen LogP contribution in [0.4, 0.5) is 5.82 Å². The second-order valence-corrected chi connectivity index (χ2v) is 22.4. The quantitative estimate of drug-likeness (QED) is 0.0571. The Morgan fingerprint density at radius 2 is 0.841 bits per heavy atom. The van der Waals surface area contributed by atoms with Crippen LogP contribution in [0.5, 0.6) is 0 Å². The Hall–Kier alpha value is -2.09. The minimum atomic E-state index is 0.0590. The highest BCUT2D eigenvalue weighted by Gasteiger charge is 2.16. The summed E-state index contributed by atoms with van der Waals surface area (Å²) in [6.45, 7) is 16.4. The molecular formula is C62H111N5OS. The van der Waals surface area contributed by atoms with Crippen LogP contribution in [0.25, 0.3) is 21.1 Å². The summed E-state index contributed by atoms with van der Waals surface area (Å²) in [7, 11) is 0. The van der Waals surface area contributed by atoms with E-state index in [2.05, 4.69) is 54.9 Å². The number of benzene rings is 1. The maximum Gasteiger partial charge on any atom is 0.225 e. The Morgan fingerprint density at radius 3 is 1.29 bits per heavy atom. The van der Waals surface area contributed by atoms with E-state index in [0.29, 0.717) is 12.2 Å². The monoisotopic (exact) mass is 974 g/mol. The topological polar surface area (TPSA) is 61.4 Å². The van der Waals surface area contributed by atoms with Crippen molar-refractivity contribution in [2.45, 2.75) is 291 Å². The summed E-state index contributed by atoms with van der Waals surface area (Å²) < 4.78 is 1.14. The molecule has 1 N–H and O–H groups in total. The van der Waals surface area contributed by atoms with E-state index in [4.69, 9.17) is 9.97 Å². The number of nitrogens with zero attached hydrogens (tertiary/aromatic N) is 4. The molecule has 1 amide bonds. The number of carbonyl (C=O) groups excluding carboxylic acids is 1. The third-order valence-electron chi connectivity index (χ3n) is 14.9. The van der Waals surface area contributed by atoms with Crippen LogP contribution in [-0.4, -0.2) is 64.9 Å². The lowest BCUT2D eigenvalue weighted by atomic mass is 10.0. The Kier molecular flexibility index (Phi) is 38.6. The van der Waals surface area contributed by atoms with Gasteiger partial charge in [0.05, 0.1) is 15.2 Å². The van der Waals surface area contributed by atoms with Crippen molar-refractivity contribution in [1.29, 1.82) is 0 Å². The summed E-state index contributed by atoms with van der Waals surface area (Å²) in [6.07, 6.45) is 55.5. The molecule has 0 saturated heterocycles. The minimum Gasteiger partial charge on any atom is -0.309 e. The van der Waals surface area contributed by atoms with Crippen LogP contribution in [0.15, 0.2) is 24.3 Å². The van der Waals surface area contributed by atoms with E-state index < -0.39 is 0 Å². The number of carbonyl (C=O) groups is 1. The van der Waals surface area contributed by atoms with Crippen molar-refractivity contribution < 1.29 is 4.79 Å². The Balaban J connectivity index is 1.30. The third-order valence-corrected chi connectivity index (χ3v) is 16.1. The summed E-state index contributed by atoms with van der Waals surface area (Å²) in [6, 6.07) is 8.25. The van der Waals surface area contributed by atoms with Crippen LogP contribution in [-0.2, 0) is 11.2 Å². The molecule has 0 aliphatic rings. The molecule has 2 aromatic heterocycles. The SMILES string of the molecule is CCCCCCCCCCCCCCCCCCCN(CC)CCCN(CCCCCCCCCCCCCCCCCCC)CCCCCC(=O)Nc1nc2ccccc2c2sc(CCC)nc12. The van der Waals surface area contributed by atoms with E-state index in [9.17, 15) is 4.79 Å². The molecule has 0 atom stereocenters. The number of hydrogen-bond donors (Lipinski definition) is 1. The first-order chi connectivity index (χ1) is 34.1. The van der Waals surface area contributed by atoms with E-state index in [1.165, 1.54) is 257 Å². The molecule has 0 unspecified atom stereocenters. The first-order valence-electron chi connectivity index (χ1n) is 30.5. The van der Waals surface area contributed by atoms with Crippen molar-refractivity contribution in [3.8, 4) is 0 Å². The average molecular weight is 975 g/mol. The number of unbranched alkanes of at least 4 members (excludes halogenated alkanes) is 34. The van der Waals surface area contributed by atoms with E-state index >= 15 is 0 Å². The van der Waals surface area contributed by atoms with Gasteiger partial charge >= 0.3 is 0 Å². The lowest BCUT2D eigenvalue weighted by Gasteiger charge is -2.25. The van der Waals surface area contributed by atoms with Gasteiger partial charge < -0.3 is 15.1 Å². The van der Waals surface area contributed by atoms with Gasteiger partial charge in [-0.25, -0.2) is 9.97 Å². The number of amides is 1. The van der Waals surface area contributed by atoms with Crippen molar-refractivity contribution in [3.05, 3.63) is 29.3 Å². The third kappa shape index (κ3) is 30.5. The van der Waals surface area contributed by atoms with Gasteiger partial charge in [0.2, 0.25) is 5.91 Å². The summed E-state index contributed by atoms with van der Waals surface area (Å²) in [5.41, 5.74) is 1.77. The molecule has 0 saturated carbocycles. The van der Waals surface area contributed by atoms with Crippen LogP contribution in [0.2, 0.25) is 0 Å². The molecule has 0 aliphatic carbocycles. The van der Waals surface area contributed by atoms with Gasteiger partial charge in [0, 0.05) is 11.8 Å². The van der Waals surface area contributed by atoms with Gasteiger partial charge in [-0.05, 0) is 90.3 Å². The summed E-state index contributed by atoms with van der Waals surface area (Å²) >= 11 is 1.75. The van der Waals surface area contributed by atoms with E-state index in [-0.39, 0.29) is 5.91 Å². The van der Waals surface area contributed by atoms with Gasteiger partial charge in [0.25, 0.3) is 0 Å². The lowest BCUT2D eigenvalue weighted by Crippen LogP contribution is -2.32. The van der Waals surface area contributed by atoms with Crippen LogP contribution in [0.1, 0.15) is 290 Å². The predicted molar refractivity (Wildman–Crippen MR) is 308 cm³/mol. The van der Waals surface area contributed by atoms with Crippen molar-refractivity contribution >= 4 is 44.2 Å². The standard InChI is InChI=1S/C62H111N5OS/c1-5-9-11-13-15-17-19-21-23-25-27-29-31-33-35-37-43-51-66(8-4)54-46-55-67(52-44-38-36-34-32-30-28-26-24-22-20-18-16-14-12-10-6-2)53-45-39-40-50-58(68)64-62-60-61(69-59(65-60)47-7-3)56-48-41-42-49-57(56)63-62/h41-42,48-49H,5-40,43-47,50-55H2,1-4H3,(H,63,64,68). The fourth-order valence-electron chi connectivity index (χ4n) is 10.4. The first-order valence-corrected chi connectivity index (χ1v) is 31.3. The largest absolute Gasteiger partial charge is 0.309 e. The molecule has 3 aromatic rings. The molecule has 0 aliphatic heterocycles. The molecule has 3 rings (SSSR count). The van der Waals surface area contributed by atoms with Crippen molar-refractivity contribution in [2.75, 3.05) is 44.6 Å². The highest BCUT2D eigenvalue weighted by Crippen LogP contribution is 2.34. The van der Waals surface area contributed by atoms with Gasteiger partial charge in [-0.1, -0.05) is 258 Å². The van der Waals surface area contributed by atoms with E-state index in [1.54, 1.807) is 11.3 Å². The number of nitrogens with one attached hydrogen (secondary N) is 1. The normalized spacial score (nSPS) is 11.9. The number of pyridine rings is 1. The molecule has 69 heavy (non-hydrogen) atoms. The van der Waals surface area contributed by atoms with Gasteiger partial charge in [0.1, 0.15) is 5.52 Å². The number of thiazole rings is 1. The fourth-order valence-corrected chi connectivity index (χ4v) is 11.6. The van der Waals surface area contributed by atoms with Crippen LogP contribution in [0.3, 0.4) is 0 Å². The van der Waals surface area contributed by atoms with Crippen molar-refractivity contribution in [3.63, 3.8) is 0 Å². The van der Waals surface area contributed by atoms with Gasteiger partial charge in [-0.15, -0.1) is 11.3 Å². The summed E-state index contributed by atoms with van der Waals surface area (Å²) in [5.74, 6) is 0.683. The summed E-state index contributed by atoms with van der Waals surface area (Å²) in [5, 5.41) is 5.42. The smallest absolute Gasteiger partial charge is 0.225 e. The van der Waals surface area contributed by atoms with Gasteiger partial charge in [-0.2, -0.15) is 0 Å². The van der Waals surface area contributed by atoms with Crippen molar-refractivity contribution in [2.24, 2.45) is 0 Å². The number of aryl methyl sites for hydroxylation is 1. The molecule has 7 heteroatoms. The van der Waals surface area contributed by atoms with Gasteiger partial charge in [0.15, 0.2) is 5.82 Å². The second kappa shape index (κ2) is 43.5. The number of hydrogen-bond acceptors (Lipinski definition) is 6. The Bertz CT molecular complexity index is 1620. The molecular weight excluding hydrogens is 863 g/mol. The summed E-state index contributed by atoms with van der Waals surface area (Å²) in [4.78, 5) is 28.6. The maximum absolute atomic E-state index is 13.3. The number of rotatable bonds is 50. The molecule has 396 valence electrons. The van der Waals surface area contributed by atoms with E-state index in [0.717, 1.165) is 64.8 Å². The first kappa shape index (κ1) is 61.2. The number of para-hydroxylation sites is 1. The number of aromatic nitrogens is 2. The molecule has 6 nitrogen and oxygen atoms in total. The fraction of sp³-hybridized carbons (Fsp3) is 0.823. The molecule has 0 bridgehead atoms. The lowest BCUT2D eigenvalue weighted by molar-refractivity contribution is -0.116. The number of anilines is 1. The van der Waals surface area contributed by atoms with Gasteiger partial charge in [-0.3, -0.25) is 4.79 Å². The predicted octanol–water partition coefficient (Wildman–Crippen LogP) is 19.6. The van der Waals surface area contributed by atoms with Crippen LogP contribution in [0, 0.1) is 0 Å². The molecule has 0 fully saturated rings. The van der Waals surface area contributed by atoms with Crippen LogP contribution >= 0.6 is 11.3 Å². The Labute approximate surface area is 431 Å². The second-order valence-electron chi connectivity index (χ2n) is 21.3. The number of fused-ring (bicyclic) bond motifs is 3. The zero-order chi connectivity index (χ0) is 49.1. The highest BCUT2D eigenvalue weighted by atomic mass is 32.1. The molecule has 0 spiro atoms. The zero-order valence-electron chi connectivity index (χ0n) is 46.1. The van der Waals surface area contributed by atoms with E-state index in [1.807, 2.05) is 12.1 Å². The average Bonchev–Trinajstić information content (AvgIpc) is 3.79. The maximum atomic E-state index is 13.3. The molecule has 0 radical (unpaired) electrons. The minimum absolute atomic E-state index is 0.0590.